The number of hydrogen-bond acceptors (Lipinski definition) is 5. The molecule has 168 valence electrons. The maximum absolute atomic E-state index is 6.86. The molecule has 3 aromatic carbocycles. The number of para-hydroxylation sites is 1. The van der Waals surface area contributed by atoms with Crippen LogP contribution in [0.2, 0.25) is 0 Å². The van der Waals surface area contributed by atoms with Gasteiger partial charge in [-0.3, -0.25) is 4.90 Å². The van der Waals surface area contributed by atoms with E-state index in [9.17, 15) is 0 Å². The minimum Gasteiger partial charge on any atom is -0.493 e. The Morgan fingerprint density at radius 3 is 2.39 bits per heavy atom. The number of piperidine rings is 1. The molecule has 0 amide bonds. The molecule has 0 aliphatic carbocycles. The van der Waals surface area contributed by atoms with E-state index in [0.29, 0.717) is 0 Å². The molecular weight excluding hydrogens is 410 g/mol. The lowest BCUT2D eigenvalue weighted by atomic mass is 9.92. The number of likely N-dealkylation sites (tertiary alicyclic amines) is 1. The summed E-state index contributed by atoms with van der Waals surface area (Å²) in [6.45, 7) is 2.93. The molecule has 0 bridgehead atoms. The van der Waals surface area contributed by atoms with Crippen molar-refractivity contribution in [3.63, 3.8) is 0 Å². The van der Waals surface area contributed by atoms with Crippen molar-refractivity contribution in [3.8, 4) is 11.5 Å². The van der Waals surface area contributed by atoms with Gasteiger partial charge in [0.25, 0.3) is 0 Å². The van der Waals surface area contributed by atoms with Crippen molar-refractivity contribution < 1.29 is 9.47 Å². The van der Waals surface area contributed by atoms with E-state index in [1.165, 1.54) is 11.1 Å². The summed E-state index contributed by atoms with van der Waals surface area (Å²) in [7, 11) is 1.72. The second-order valence-corrected chi connectivity index (χ2v) is 9.06. The van der Waals surface area contributed by atoms with Gasteiger partial charge in [-0.15, -0.1) is 0 Å². The van der Waals surface area contributed by atoms with E-state index >= 15 is 0 Å². The third-order valence-electron chi connectivity index (χ3n) is 7.09. The molecule has 1 N–H and O–H groups in total. The van der Waals surface area contributed by atoms with Crippen molar-refractivity contribution in [2.75, 3.05) is 20.2 Å². The van der Waals surface area contributed by atoms with Gasteiger partial charge in [0.05, 0.1) is 18.8 Å². The van der Waals surface area contributed by atoms with E-state index in [1.54, 1.807) is 7.11 Å². The van der Waals surface area contributed by atoms with Gasteiger partial charge in [-0.2, -0.15) is 5.01 Å². The first-order valence-electron chi connectivity index (χ1n) is 11.7. The first-order valence-corrected chi connectivity index (χ1v) is 11.7. The highest BCUT2D eigenvalue weighted by Gasteiger charge is 2.52. The molecule has 0 radical (unpaired) electrons. The van der Waals surface area contributed by atoms with E-state index in [-0.39, 0.29) is 6.04 Å². The number of benzene rings is 3. The lowest BCUT2D eigenvalue weighted by Crippen LogP contribution is -2.63. The van der Waals surface area contributed by atoms with Crippen LogP contribution in [0.4, 0.5) is 0 Å². The number of rotatable bonds is 4. The third-order valence-corrected chi connectivity index (χ3v) is 7.09. The molecule has 0 aromatic heterocycles. The quantitative estimate of drug-likeness (QED) is 0.620. The number of hydrogen-bond donors (Lipinski definition) is 1. The molecule has 3 heterocycles. The number of ether oxygens (including phenoxy) is 2. The molecule has 6 rings (SSSR count). The van der Waals surface area contributed by atoms with Crippen LogP contribution in [0.5, 0.6) is 11.5 Å². The molecule has 0 saturated carbocycles. The Kier molecular flexibility index (Phi) is 5.08. The standard InChI is InChI=1S/C28H29N3O2/c1-32-26-14-8-13-23-25-19-24(22-11-6-3-7-12-22)29-31(25)28(33-27(23)26)15-17-30(18-16-28)20-21-9-4-2-5-10-21/h2-14,19,25,29H,15-18,20H2,1H3/t25-/m0/s1. The average Bonchev–Trinajstić information content (AvgIpc) is 3.34. The lowest BCUT2D eigenvalue weighted by Gasteiger charge is -2.52. The predicted molar refractivity (Wildman–Crippen MR) is 129 cm³/mol. The van der Waals surface area contributed by atoms with Gasteiger partial charge in [-0.1, -0.05) is 72.8 Å². The molecule has 3 aromatic rings. The van der Waals surface area contributed by atoms with Crippen LogP contribution in [-0.4, -0.2) is 35.8 Å². The number of nitrogens with zero attached hydrogens (tertiary/aromatic N) is 2. The summed E-state index contributed by atoms with van der Waals surface area (Å²) < 4.78 is 12.6. The molecule has 1 saturated heterocycles. The van der Waals surface area contributed by atoms with Crippen LogP contribution < -0.4 is 14.9 Å². The Bertz CT molecular complexity index is 1150. The fourth-order valence-electron chi connectivity index (χ4n) is 5.35. The van der Waals surface area contributed by atoms with Crippen LogP contribution in [0.3, 0.4) is 0 Å². The van der Waals surface area contributed by atoms with Gasteiger partial charge >= 0.3 is 0 Å². The van der Waals surface area contributed by atoms with Crippen molar-refractivity contribution in [3.05, 3.63) is 102 Å². The summed E-state index contributed by atoms with van der Waals surface area (Å²) in [4.78, 5) is 2.53. The zero-order valence-electron chi connectivity index (χ0n) is 18.9. The summed E-state index contributed by atoms with van der Waals surface area (Å²) in [6.07, 6.45) is 4.15. The highest BCUT2D eigenvalue weighted by atomic mass is 16.5. The maximum atomic E-state index is 6.86. The van der Waals surface area contributed by atoms with E-state index in [1.807, 2.05) is 12.1 Å². The van der Waals surface area contributed by atoms with E-state index in [0.717, 1.165) is 55.2 Å². The first-order chi connectivity index (χ1) is 16.3. The summed E-state index contributed by atoms with van der Waals surface area (Å²) in [6, 6.07) is 27.5. The summed E-state index contributed by atoms with van der Waals surface area (Å²) in [5.41, 5.74) is 8.12. The minimum atomic E-state index is -0.424. The minimum absolute atomic E-state index is 0.0970. The first kappa shape index (κ1) is 20.3. The Morgan fingerprint density at radius 2 is 1.67 bits per heavy atom. The normalized spacial score (nSPS) is 21.5. The summed E-state index contributed by atoms with van der Waals surface area (Å²) in [5, 5.41) is 2.34. The van der Waals surface area contributed by atoms with E-state index in [4.69, 9.17) is 9.47 Å². The van der Waals surface area contributed by atoms with E-state index < -0.39 is 5.72 Å². The van der Waals surface area contributed by atoms with Crippen LogP contribution in [-0.2, 0) is 6.54 Å². The fourth-order valence-corrected chi connectivity index (χ4v) is 5.35. The molecule has 5 heteroatoms. The van der Waals surface area contributed by atoms with Gasteiger partial charge < -0.3 is 14.9 Å². The van der Waals surface area contributed by atoms with Crippen LogP contribution in [0.1, 0.15) is 35.6 Å². The lowest BCUT2D eigenvalue weighted by molar-refractivity contribution is -0.161. The number of fused-ring (bicyclic) bond motifs is 4. The highest BCUT2D eigenvalue weighted by molar-refractivity contribution is 5.68. The zero-order chi connectivity index (χ0) is 22.3. The second-order valence-electron chi connectivity index (χ2n) is 9.06. The van der Waals surface area contributed by atoms with Gasteiger partial charge in [-0.05, 0) is 23.3 Å². The van der Waals surface area contributed by atoms with Crippen LogP contribution in [0.25, 0.3) is 5.70 Å². The predicted octanol–water partition coefficient (Wildman–Crippen LogP) is 4.98. The summed E-state index contributed by atoms with van der Waals surface area (Å²) in [5.74, 6) is 1.69. The maximum Gasteiger partial charge on any atom is 0.183 e. The van der Waals surface area contributed by atoms with Crippen molar-refractivity contribution in [1.82, 2.24) is 15.3 Å². The number of nitrogens with one attached hydrogen (secondary N) is 1. The average molecular weight is 440 g/mol. The van der Waals surface area contributed by atoms with Crippen LogP contribution in [0, 0.1) is 0 Å². The Morgan fingerprint density at radius 1 is 0.939 bits per heavy atom. The molecule has 5 nitrogen and oxygen atoms in total. The smallest absolute Gasteiger partial charge is 0.183 e. The molecule has 1 spiro atoms. The van der Waals surface area contributed by atoms with Gasteiger partial charge in [0, 0.05) is 38.0 Å². The molecule has 33 heavy (non-hydrogen) atoms. The topological polar surface area (TPSA) is 37.0 Å². The molecular formula is C28H29N3O2. The molecule has 3 aliphatic rings. The SMILES string of the molecule is COc1cccc2c1OC1(CCN(Cc3ccccc3)CC1)N1NC(c3ccccc3)=C[C@@H]21. The highest BCUT2D eigenvalue weighted by Crippen LogP contribution is 2.51. The molecule has 1 fully saturated rings. The van der Waals surface area contributed by atoms with Crippen LogP contribution >= 0.6 is 0 Å². The largest absolute Gasteiger partial charge is 0.493 e. The second kappa shape index (κ2) is 8.25. The molecule has 1 atom stereocenters. The van der Waals surface area contributed by atoms with Gasteiger partial charge in [0.15, 0.2) is 17.2 Å². The summed E-state index contributed by atoms with van der Waals surface area (Å²) >= 11 is 0. The van der Waals surface area contributed by atoms with Crippen molar-refractivity contribution in [1.29, 1.82) is 0 Å². The number of methoxy groups -OCH3 is 1. The van der Waals surface area contributed by atoms with Crippen molar-refractivity contribution in [2.45, 2.75) is 31.2 Å². The van der Waals surface area contributed by atoms with Crippen LogP contribution in [0.15, 0.2) is 84.9 Å². The third kappa shape index (κ3) is 3.58. The molecule has 3 aliphatic heterocycles. The Hall–Kier alpha value is -3.28. The fraction of sp³-hybridized carbons (Fsp3) is 0.286. The Labute approximate surface area is 195 Å². The van der Waals surface area contributed by atoms with Gasteiger partial charge in [0.1, 0.15) is 0 Å². The Balaban J connectivity index is 1.32. The number of hydrazine groups is 1. The van der Waals surface area contributed by atoms with Crippen molar-refractivity contribution >= 4 is 5.70 Å². The van der Waals surface area contributed by atoms with Gasteiger partial charge in [0.2, 0.25) is 0 Å². The monoisotopic (exact) mass is 439 g/mol. The van der Waals surface area contributed by atoms with E-state index in [2.05, 4.69) is 88.1 Å². The zero-order valence-corrected chi connectivity index (χ0v) is 18.9. The van der Waals surface area contributed by atoms with Crippen molar-refractivity contribution in [2.24, 2.45) is 0 Å². The van der Waals surface area contributed by atoms with Gasteiger partial charge in [-0.25, -0.2) is 0 Å². The molecule has 0 unspecified atom stereocenters.